The standard InChI is InChI=1S/C20H33NO5/c1-14-7-6-8-15(2)21(14)11-17(22)13-26-12-16-9-18(23-3)20(25-5)19(10-16)24-4/h9-10,14-15,17,22H,6-8,11-13H2,1-5H3/t14-,15-,17+/m0/s1. The smallest absolute Gasteiger partial charge is 0.203 e. The Bertz CT molecular complexity index is 530. The van der Waals surface area contributed by atoms with Crippen molar-refractivity contribution in [2.24, 2.45) is 0 Å². The van der Waals surface area contributed by atoms with Gasteiger partial charge in [0.1, 0.15) is 0 Å². The molecule has 6 heteroatoms. The van der Waals surface area contributed by atoms with E-state index in [0.29, 0.717) is 49.1 Å². The zero-order valence-electron chi connectivity index (χ0n) is 16.7. The molecule has 1 fully saturated rings. The van der Waals surface area contributed by atoms with Gasteiger partial charge in [-0.3, -0.25) is 4.90 Å². The van der Waals surface area contributed by atoms with E-state index in [1.165, 1.54) is 19.3 Å². The van der Waals surface area contributed by atoms with Gasteiger partial charge >= 0.3 is 0 Å². The Labute approximate surface area is 157 Å². The predicted octanol–water partition coefficient (Wildman–Crippen LogP) is 2.85. The van der Waals surface area contributed by atoms with E-state index in [9.17, 15) is 5.11 Å². The molecule has 148 valence electrons. The molecule has 1 aliphatic heterocycles. The van der Waals surface area contributed by atoms with E-state index in [1.807, 2.05) is 12.1 Å². The summed E-state index contributed by atoms with van der Waals surface area (Å²) in [6, 6.07) is 4.76. The van der Waals surface area contributed by atoms with Crippen LogP contribution in [0.3, 0.4) is 0 Å². The number of rotatable bonds is 9. The average molecular weight is 367 g/mol. The van der Waals surface area contributed by atoms with Gasteiger partial charge in [-0.15, -0.1) is 0 Å². The molecule has 1 heterocycles. The second-order valence-electron chi connectivity index (χ2n) is 7.03. The van der Waals surface area contributed by atoms with Crippen molar-refractivity contribution in [2.75, 3.05) is 34.5 Å². The number of piperidine rings is 1. The fourth-order valence-electron chi connectivity index (χ4n) is 3.66. The van der Waals surface area contributed by atoms with Gasteiger partial charge in [0.25, 0.3) is 0 Å². The van der Waals surface area contributed by atoms with E-state index in [4.69, 9.17) is 18.9 Å². The fraction of sp³-hybridized carbons (Fsp3) is 0.700. The van der Waals surface area contributed by atoms with E-state index in [1.54, 1.807) is 21.3 Å². The minimum absolute atomic E-state index is 0.298. The Hall–Kier alpha value is -1.50. The first-order chi connectivity index (χ1) is 12.5. The monoisotopic (exact) mass is 367 g/mol. The molecule has 0 amide bonds. The van der Waals surface area contributed by atoms with Gasteiger partial charge in [0, 0.05) is 18.6 Å². The van der Waals surface area contributed by atoms with Gasteiger partial charge < -0.3 is 24.1 Å². The molecule has 1 aliphatic rings. The number of ether oxygens (including phenoxy) is 4. The summed E-state index contributed by atoms with van der Waals surface area (Å²) in [7, 11) is 4.76. The largest absolute Gasteiger partial charge is 0.493 e. The minimum Gasteiger partial charge on any atom is -0.493 e. The number of likely N-dealkylation sites (tertiary alicyclic amines) is 1. The predicted molar refractivity (Wildman–Crippen MR) is 101 cm³/mol. The molecule has 0 spiro atoms. The van der Waals surface area contributed by atoms with Crippen LogP contribution in [0.5, 0.6) is 17.2 Å². The maximum atomic E-state index is 10.4. The first-order valence-electron chi connectivity index (χ1n) is 9.30. The van der Waals surface area contributed by atoms with Gasteiger partial charge in [0.2, 0.25) is 5.75 Å². The topological polar surface area (TPSA) is 60.4 Å². The van der Waals surface area contributed by atoms with Gasteiger partial charge in [-0.2, -0.15) is 0 Å². The average Bonchev–Trinajstić information content (AvgIpc) is 2.63. The van der Waals surface area contributed by atoms with Crippen LogP contribution in [0.4, 0.5) is 0 Å². The summed E-state index contributed by atoms with van der Waals surface area (Å²) >= 11 is 0. The van der Waals surface area contributed by atoms with E-state index in [2.05, 4.69) is 18.7 Å². The third kappa shape index (κ3) is 5.25. The van der Waals surface area contributed by atoms with Crippen molar-refractivity contribution in [2.45, 2.75) is 57.9 Å². The van der Waals surface area contributed by atoms with E-state index < -0.39 is 6.10 Å². The van der Waals surface area contributed by atoms with Crippen molar-refractivity contribution in [3.05, 3.63) is 17.7 Å². The molecule has 0 bridgehead atoms. The van der Waals surface area contributed by atoms with Crippen LogP contribution in [0.25, 0.3) is 0 Å². The lowest BCUT2D eigenvalue weighted by atomic mass is 9.97. The quantitative estimate of drug-likeness (QED) is 0.724. The summed E-state index contributed by atoms with van der Waals surface area (Å²) in [5, 5.41) is 10.4. The lowest BCUT2D eigenvalue weighted by Crippen LogP contribution is -2.48. The van der Waals surface area contributed by atoms with E-state index >= 15 is 0 Å². The van der Waals surface area contributed by atoms with Crippen molar-refractivity contribution in [3.63, 3.8) is 0 Å². The number of aliphatic hydroxyl groups excluding tert-OH is 1. The Morgan fingerprint density at radius 3 is 2.12 bits per heavy atom. The van der Waals surface area contributed by atoms with Gasteiger partial charge in [-0.25, -0.2) is 0 Å². The third-order valence-corrected chi connectivity index (χ3v) is 5.10. The number of β-amino-alcohol motifs (C(OH)–C–C–N with tert-alkyl or cyclic N) is 1. The summed E-state index contributed by atoms with van der Waals surface area (Å²) in [4.78, 5) is 2.39. The van der Waals surface area contributed by atoms with Crippen molar-refractivity contribution in [1.29, 1.82) is 0 Å². The summed E-state index contributed by atoms with van der Waals surface area (Å²) in [6.45, 7) is 5.79. The van der Waals surface area contributed by atoms with E-state index in [0.717, 1.165) is 5.56 Å². The first-order valence-corrected chi connectivity index (χ1v) is 9.30. The highest BCUT2D eigenvalue weighted by atomic mass is 16.5. The number of benzene rings is 1. The highest BCUT2D eigenvalue weighted by molar-refractivity contribution is 5.53. The molecule has 0 aliphatic carbocycles. The molecule has 0 aromatic heterocycles. The van der Waals surface area contributed by atoms with Crippen LogP contribution in [0.2, 0.25) is 0 Å². The Kier molecular flexibility index (Phi) is 8.00. The lowest BCUT2D eigenvalue weighted by Gasteiger charge is -2.40. The summed E-state index contributed by atoms with van der Waals surface area (Å²) < 4.78 is 21.8. The van der Waals surface area contributed by atoms with Crippen LogP contribution in [0, 0.1) is 0 Å². The summed E-state index contributed by atoms with van der Waals surface area (Å²) in [5.41, 5.74) is 0.909. The zero-order chi connectivity index (χ0) is 19.1. The molecule has 3 atom stereocenters. The molecule has 6 nitrogen and oxygen atoms in total. The normalized spacial score (nSPS) is 22.1. The van der Waals surface area contributed by atoms with Gasteiger partial charge in [-0.1, -0.05) is 6.42 Å². The Morgan fingerprint density at radius 2 is 1.62 bits per heavy atom. The third-order valence-electron chi connectivity index (χ3n) is 5.10. The molecule has 26 heavy (non-hydrogen) atoms. The van der Waals surface area contributed by atoms with Crippen molar-refractivity contribution in [3.8, 4) is 17.2 Å². The molecule has 1 N–H and O–H groups in total. The minimum atomic E-state index is -0.500. The fourth-order valence-corrected chi connectivity index (χ4v) is 3.66. The Balaban J connectivity index is 1.88. The maximum absolute atomic E-state index is 10.4. The number of methoxy groups -OCH3 is 3. The highest BCUT2D eigenvalue weighted by Gasteiger charge is 2.26. The van der Waals surface area contributed by atoms with Crippen LogP contribution in [0.1, 0.15) is 38.7 Å². The number of hydrogen-bond acceptors (Lipinski definition) is 6. The molecule has 1 aromatic rings. The van der Waals surface area contributed by atoms with E-state index in [-0.39, 0.29) is 0 Å². The molecule has 0 saturated carbocycles. The van der Waals surface area contributed by atoms with Crippen LogP contribution >= 0.6 is 0 Å². The molecule has 2 rings (SSSR count). The molecular formula is C20H33NO5. The first kappa shape index (κ1) is 20.8. The Morgan fingerprint density at radius 1 is 1.04 bits per heavy atom. The van der Waals surface area contributed by atoms with Crippen molar-refractivity contribution >= 4 is 0 Å². The van der Waals surface area contributed by atoms with Crippen LogP contribution in [-0.2, 0) is 11.3 Å². The van der Waals surface area contributed by atoms with Gasteiger partial charge in [0.15, 0.2) is 11.5 Å². The van der Waals surface area contributed by atoms with Crippen molar-refractivity contribution < 1.29 is 24.1 Å². The zero-order valence-corrected chi connectivity index (χ0v) is 16.7. The molecule has 0 unspecified atom stereocenters. The molecular weight excluding hydrogens is 334 g/mol. The SMILES string of the molecule is COc1cc(COC[C@H](O)CN2[C@@H](C)CCC[C@@H]2C)cc(OC)c1OC. The molecule has 0 radical (unpaired) electrons. The van der Waals surface area contributed by atoms with Crippen LogP contribution in [-0.4, -0.2) is 62.7 Å². The van der Waals surface area contributed by atoms with Crippen molar-refractivity contribution in [1.82, 2.24) is 4.90 Å². The number of nitrogens with zero attached hydrogens (tertiary/aromatic N) is 1. The number of hydrogen-bond donors (Lipinski definition) is 1. The van der Waals surface area contributed by atoms with Gasteiger partial charge in [0.05, 0.1) is 40.6 Å². The second-order valence-corrected chi connectivity index (χ2v) is 7.03. The second kappa shape index (κ2) is 10.00. The molecule has 1 saturated heterocycles. The lowest BCUT2D eigenvalue weighted by molar-refractivity contribution is -0.0135. The molecule has 1 aromatic carbocycles. The van der Waals surface area contributed by atoms with Crippen LogP contribution < -0.4 is 14.2 Å². The maximum Gasteiger partial charge on any atom is 0.203 e. The number of aliphatic hydroxyl groups is 1. The van der Waals surface area contributed by atoms with Gasteiger partial charge in [-0.05, 0) is 44.4 Å². The highest BCUT2D eigenvalue weighted by Crippen LogP contribution is 2.38. The van der Waals surface area contributed by atoms with Crippen LogP contribution in [0.15, 0.2) is 12.1 Å². The summed E-state index contributed by atoms with van der Waals surface area (Å²) in [5.74, 6) is 1.76. The summed E-state index contributed by atoms with van der Waals surface area (Å²) in [6.07, 6.45) is 3.17.